The molecule has 0 aromatic rings. The molecule has 3 amide bonds. The first-order chi connectivity index (χ1) is 20.7. The molecule has 0 aromatic heterocycles. The average Bonchev–Trinajstić information content (AvgIpc) is 2.91. The van der Waals surface area contributed by atoms with Crippen molar-refractivity contribution in [1.82, 2.24) is 16.0 Å². The summed E-state index contributed by atoms with van der Waals surface area (Å²) < 4.78 is 0. The first-order valence-electron chi connectivity index (χ1n) is 16.0. The first kappa shape index (κ1) is 40.9. The van der Waals surface area contributed by atoms with Crippen molar-refractivity contribution in [2.24, 2.45) is 17.6 Å². The zero-order valence-electron chi connectivity index (χ0n) is 27.4. The highest BCUT2D eigenvalue weighted by molar-refractivity contribution is 5.89. The lowest BCUT2D eigenvalue weighted by Gasteiger charge is -2.26. The van der Waals surface area contributed by atoms with Gasteiger partial charge in [0.25, 0.3) is 0 Å². The van der Waals surface area contributed by atoms with E-state index in [0.29, 0.717) is 25.3 Å². The molecule has 12 nitrogen and oxygen atoms in total. The van der Waals surface area contributed by atoms with E-state index < -0.39 is 17.9 Å². The number of nitrogens with one attached hydrogen (secondary N) is 3. The SMILES string of the molecule is CCC(CCC(=O)NCC(C)=O)C(=O)NC(CCC(=O)NC1CCC1)C(C)=O.CCC(CCC(=O)O)C(C)=O.NC1CCC1. The number of rotatable bonds is 18. The van der Waals surface area contributed by atoms with Crippen molar-refractivity contribution in [3.8, 4) is 0 Å². The van der Waals surface area contributed by atoms with E-state index in [-0.39, 0.29) is 79.3 Å². The number of carboxylic acid groups (broad SMARTS) is 1. The normalized spacial score (nSPS) is 16.0. The van der Waals surface area contributed by atoms with Crippen LogP contribution in [0.4, 0.5) is 0 Å². The minimum absolute atomic E-state index is 0.0167. The Labute approximate surface area is 262 Å². The van der Waals surface area contributed by atoms with Gasteiger partial charge in [-0.15, -0.1) is 0 Å². The number of aliphatic carboxylic acids is 1. The van der Waals surface area contributed by atoms with E-state index in [2.05, 4.69) is 16.0 Å². The summed E-state index contributed by atoms with van der Waals surface area (Å²) >= 11 is 0. The van der Waals surface area contributed by atoms with Gasteiger partial charge in [0.05, 0.1) is 12.6 Å². The topological polar surface area (TPSA) is 202 Å². The van der Waals surface area contributed by atoms with Gasteiger partial charge < -0.3 is 26.8 Å². The molecule has 0 aliphatic heterocycles. The molecule has 2 saturated carbocycles. The molecule has 2 rings (SSSR count). The molecule has 12 heteroatoms. The molecule has 0 heterocycles. The van der Waals surface area contributed by atoms with Gasteiger partial charge in [0.1, 0.15) is 11.6 Å². The number of carbonyl (C=O) groups is 7. The van der Waals surface area contributed by atoms with Crippen molar-refractivity contribution < 1.29 is 38.7 Å². The number of amides is 3. The van der Waals surface area contributed by atoms with Crippen molar-refractivity contribution in [3.63, 3.8) is 0 Å². The summed E-state index contributed by atoms with van der Waals surface area (Å²) in [5.41, 5.74) is 5.38. The highest BCUT2D eigenvalue weighted by atomic mass is 16.4. The monoisotopic (exact) mass is 624 g/mol. The summed E-state index contributed by atoms with van der Waals surface area (Å²) in [5.74, 6) is -2.21. The predicted molar refractivity (Wildman–Crippen MR) is 167 cm³/mol. The third kappa shape index (κ3) is 19.9. The fraction of sp³-hybridized carbons (Fsp3) is 0.781. The molecule has 0 saturated heterocycles. The maximum Gasteiger partial charge on any atom is 0.303 e. The quantitative estimate of drug-likeness (QED) is 0.152. The largest absolute Gasteiger partial charge is 0.481 e. The number of hydrogen-bond acceptors (Lipinski definition) is 8. The van der Waals surface area contributed by atoms with Gasteiger partial charge in [-0.25, -0.2) is 0 Å². The Bertz CT molecular complexity index is 947. The van der Waals surface area contributed by atoms with Crippen LogP contribution in [0, 0.1) is 11.8 Å². The summed E-state index contributed by atoms with van der Waals surface area (Å²) in [4.78, 5) is 79.8. The zero-order valence-corrected chi connectivity index (χ0v) is 27.4. The fourth-order valence-electron chi connectivity index (χ4n) is 4.36. The van der Waals surface area contributed by atoms with Gasteiger partial charge in [0.2, 0.25) is 17.7 Å². The molecule has 2 aliphatic carbocycles. The molecule has 0 bridgehead atoms. The second-order valence-corrected chi connectivity index (χ2v) is 11.9. The lowest BCUT2D eigenvalue weighted by atomic mass is 9.93. The predicted octanol–water partition coefficient (Wildman–Crippen LogP) is 2.98. The highest BCUT2D eigenvalue weighted by Crippen LogP contribution is 2.18. The molecule has 0 spiro atoms. The van der Waals surface area contributed by atoms with E-state index in [1.54, 1.807) is 0 Å². The van der Waals surface area contributed by atoms with Crippen LogP contribution in [0.1, 0.15) is 125 Å². The van der Waals surface area contributed by atoms with Gasteiger partial charge in [-0.3, -0.25) is 33.6 Å². The minimum Gasteiger partial charge on any atom is -0.481 e. The van der Waals surface area contributed by atoms with Crippen LogP contribution in [-0.4, -0.2) is 70.8 Å². The number of Topliss-reactive ketones (excluding diaryl/α,β-unsaturated/α-hetero) is 3. The Hall–Kier alpha value is -3.15. The first-order valence-corrected chi connectivity index (χ1v) is 16.0. The smallest absolute Gasteiger partial charge is 0.303 e. The Morgan fingerprint density at radius 3 is 1.66 bits per heavy atom. The van der Waals surface area contributed by atoms with E-state index in [4.69, 9.17) is 10.8 Å². The van der Waals surface area contributed by atoms with Crippen LogP contribution >= 0.6 is 0 Å². The molecule has 3 unspecified atom stereocenters. The number of hydrogen-bond donors (Lipinski definition) is 5. The van der Waals surface area contributed by atoms with Gasteiger partial charge in [0, 0.05) is 43.2 Å². The van der Waals surface area contributed by atoms with Gasteiger partial charge in [-0.05, 0) is 85.0 Å². The summed E-state index contributed by atoms with van der Waals surface area (Å²) in [5, 5.41) is 16.5. The average molecular weight is 625 g/mol. The van der Waals surface area contributed by atoms with Gasteiger partial charge in [-0.2, -0.15) is 0 Å². The second kappa shape index (κ2) is 23.3. The van der Waals surface area contributed by atoms with E-state index in [1.807, 2.05) is 13.8 Å². The molecule has 6 N–H and O–H groups in total. The lowest BCUT2D eigenvalue weighted by Crippen LogP contribution is -2.44. The van der Waals surface area contributed by atoms with Gasteiger partial charge in [0.15, 0.2) is 5.78 Å². The fourth-order valence-corrected chi connectivity index (χ4v) is 4.36. The number of ketones is 3. The Morgan fingerprint density at radius 2 is 1.27 bits per heavy atom. The van der Waals surface area contributed by atoms with Crippen molar-refractivity contribution in [3.05, 3.63) is 0 Å². The maximum atomic E-state index is 12.5. The molecular formula is C32H56N4O8. The van der Waals surface area contributed by atoms with Crippen molar-refractivity contribution in [2.45, 2.75) is 143 Å². The summed E-state index contributed by atoms with van der Waals surface area (Å²) in [7, 11) is 0. The van der Waals surface area contributed by atoms with E-state index in [9.17, 15) is 33.6 Å². The second-order valence-electron chi connectivity index (χ2n) is 11.9. The molecule has 2 aliphatic rings. The third-order valence-corrected chi connectivity index (χ3v) is 7.98. The van der Waals surface area contributed by atoms with Crippen LogP contribution in [0.5, 0.6) is 0 Å². The van der Waals surface area contributed by atoms with Crippen LogP contribution in [0.25, 0.3) is 0 Å². The van der Waals surface area contributed by atoms with Crippen LogP contribution < -0.4 is 21.7 Å². The third-order valence-electron chi connectivity index (χ3n) is 7.98. The van der Waals surface area contributed by atoms with E-state index in [0.717, 1.165) is 25.7 Å². The van der Waals surface area contributed by atoms with Crippen LogP contribution in [0.3, 0.4) is 0 Å². The molecular weight excluding hydrogens is 568 g/mol. The molecule has 2 fully saturated rings. The Balaban J connectivity index is 0.000000938. The maximum absolute atomic E-state index is 12.5. The lowest BCUT2D eigenvalue weighted by molar-refractivity contribution is -0.137. The Kier molecular flexibility index (Phi) is 21.6. The van der Waals surface area contributed by atoms with Crippen molar-refractivity contribution in [1.29, 1.82) is 0 Å². The molecule has 0 radical (unpaired) electrons. The minimum atomic E-state index is -0.829. The van der Waals surface area contributed by atoms with E-state index >= 15 is 0 Å². The summed E-state index contributed by atoms with van der Waals surface area (Å²) in [6.45, 7) is 8.01. The van der Waals surface area contributed by atoms with Gasteiger partial charge >= 0.3 is 5.97 Å². The van der Waals surface area contributed by atoms with Crippen LogP contribution in [0.15, 0.2) is 0 Å². The highest BCUT2D eigenvalue weighted by Gasteiger charge is 2.25. The van der Waals surface area contributed by atoms with Crippen molar-refractivity contribution in [2.75, 3.05) is 6.54 Å². The summed E-state index contributed by atoms with van der Waals surface area (Å²) in [6, 6.07) is 0.103. The van der Waals surface area contributed by atoms with Crippen LogP contribution in [0.2, 0.25) is 0 Å². The Morgan fingerprint density at radius 1 is 0.750 bits per heavy atom. The van der Waals surface area contributed by atoms with Crippen LogP contribution in [-0.2, 0) is 33.6 Å². The van der Waals surface area contributed by atoms with Gasteiger partial charge in [-0.1, -0.05) is 20.3 Å². The number of nitrogens with two attached hydrogens (primary N) is 1. The molecule has 3 atom stereocenters. The van der Waals surface area contributed by atoms with E-state index in [1.165, 1.54) is 40.0 Å². The molecule has 0 aromatic carbocycles. The van der Waals surface area contributed by atoms with Crippen molar-refractivity contribution >= 4 is 41.0 Å². The zero-order chi connectivity index (χ0) is 33.7. The molecule has 252 valence electrons. The summed E-state index contributed by atoms with van der Waals surface area (Å²) in [6.07, 6.45) is 9.75. The standard InChI is InChI=1S/C20H33N3O5.C8H14O3.C4H9N/c1-4-15(8-10-18(26)21-12-13(2)24)20(28)23-17(14(3)25)9-11-19(27)22-16-6-5-7-16;1-3-7(6(2)9)4-5-8(10)11;5-4-2-1-3-4/h15-17H,4-12H2,1-3H3,(H,21,26)(H,22,27)(H,23,28);7H,3-5H2,1-2H3,(H,10,11);4H,1-3,5H2. The molecule has 44 heavy (non-hydrogen) atoms. The number of carbonyl (C=O) groups excluding carboxylic acids is 6. The number of carboxylic acids is 1.